The van der Waals surface area contributed by atoms with Gasteiger partial charge in [-0.2, -0.15) is 10.2 Å². The highest BCUT2D eigenvalue weighted by molar-refractivity contribution is 5.93. The minimum absolute atomic E-state index is 0.164. The molecule has 0 radical (unpaired) electrons. The van der Waals surface area contributed by atoms with Crippen LogP contribution < -0.4 is 5.32 Å². The number of nitrogens with one attached hydrogen (secondary N) is 2. The summed E-state index contributed by atoms with van der Waals surface area (Å²) in [5, 5.41) is 15.3. The van der Waals surface area contributed by atoms with E-state index in [9.17, 15) is 4.79 Å². The first kappa shape index (κ1) is 13.8. The summed E-state index contributed by atoms with van der Waals surface area (Å²) in [4.78, 5) is 18.9. The number of amides is 1. The molecule has 0 saturated heterocycles. The molecule has 0 aliphatic heterocycles. The molecule has 0 aliphatic carbocycles. The summed E-state index contributed by atoms with van der Waals surface area (Å²) in [6.45, 7) is 5.67. The normalized spacial score (nSPS) is 12.2. The van der Waals surface area contributed by atoms with E-state index in [1.807, 2.05) is 19.9 Å². The second kappa shape index (κ2) is 5.57. The minimum Gasteiger partial charge on any atom is -0.356 e. The molecule has 104 valence electrons. The number of hydrogen-bond acceptors (Lipinski definition) is 5. The topological polar surface area (TPSA) is 108 Å². The Balaban J connectivity index is 2.05. The van der Waals surface area contributed by atoms with Crippen LogP contribution in [0.1, 0.15) is 60.5 Å². The summed E-state index contributed by atoms with van der Waals surface area (Å²) in [5.41, 5.74) is 0.722. The Morgan fingerprint density at radius 3 is 2.80 bits per heavy atom. The number of aromatic amines is 1. The van der Waals surface area contributed by atoms with E-state index in [0.29, 0.717) is 23.0 Å². The predicted octanol–water partition coefficient (Wildman–Crippen LogP) is 1.88. The van der Waals surface area contributed by atoms with E-state index in [0.717, 1.165) is 0 Å². The lowest BCUT2D eigenvalue weighted by Crippen LogP contribution is -2.27. The van der Waals surface area contributed by atoms with Crippen LogP contribution in [-0.2, 0) is 0 Å². The molecule has 0 spiro atoms. The van der Waals surface area contributed by atoms with Crippen molar-refractivity contribution in [1.29, 1.82) is 5.26 Å². The van der Waals surface area contributed by atoms with E-state index in [4.69, 9.17) is 9.78 Å². The molecule has 20 heavy (non-hydrogen) atoms. The summed E-state index contributed by atoms with van der Waals surface area (Å²) in [7, 11) is 0. The predicted molar refractivity (Wildman–Crippen MR) is 69.8 cm³/mol. The zero-order chi connectivity index (χ0) is 14.7. The van der Waals surface area contributed by atoms with Crippen LogP contribution in [0.5, 0.6) is 0 Å². The monoisotopic (exact) mass is 273 g/mol. The van der Waals surface area contributed by atoms with E-state index in [-0.39, 0.29) is 11.8 Å². The van der Waals surface area contributed by atoms with Gasteiger partial charge in [-0.1, -0.05) is 19.0 Å². The number of H-pyrrole nitrogens is 1. The molecule has 1 atom stereocenters. The highest BCUT2D eigenvalue weighted by Crippen LogP contribution is 2.15. The van der Waals surface area contributed by atoms with Crippen LogP contribution in [0.25, 0.3) is 0 Å². The van der Waals surface area contributed by atoms with Gasteiger partial charge in [0.25, 0.3) is 5.91 Å². The standard InChI is InChI=1S/C13H15N5O2/c1-7(2)11-17-13(20-18-11)8(3)16-12(19)10-4-9(5-14)6-15-10/h4,6-8,15H,1-3H3,(H,16,19). The van der Waals surface area contributed by atoms with E-state index < -0.39 is 6.04 Å². The maximum Gasteiger partial charge on any atom is 0.268 e. The molecule has 2 aromatic rings. The molecule has 0 saturated carbocycles. The third kappa shape index (κ3) is 2.85. The van der Waals surface area contributed by atoms with Gasteiger partial charge in [0.1, 0.15) is 17.8 Å². The number of carbonyl (C=O) groups excluding carboxylic acids is 1. The van der Waals surface area contributed by atoms with Crippen LogP contribution in [0.4, 0.5) is 0 Å². The van der Waals surface area contributed by atoms with Gasteiger partial charge in [0.2, 0.25) is 5.89 Å². The molecular formula is C13H15N5O2. The van der Waals surface area contributed by atoms with Gasteiger partial charge < -0.3 is 14.8 Å². The van der Waals surface area contributed by atoms with Gasteiger partial charge in [-0.25, -0.2) is 0 Å². The van der Waals surface area contributed by atoms with Crippen molar-refractivity contribution in [1.82, 2.24) is 20.4 Å². The van der Waals surface area contributed by atoms with Crippen molar-refractivity contribution >= 4 is 5.91 Å². The molecule has 2 N–H and O–H groups in total. The molecular weight excluding hydrogens is 258 g/mol. The highest BCUT2D eigenvalue weighted by Gasteiger charge is 2.19. The molecule has 2 heterocycles. The average molecular weight is 273 g/mol. The van der Waals surface area contributed by atoms with Crippen molar-refractivity contribution in [2.24, 2.45) is 0 Å². The second-order valence-electron chi connectivity index (χ2n) is 4.75. The smallest absolute Gasteiger partial charge is 0.268 e. The van der Waals surface area contributed by atoms with E-state index in [2.05, 4.69) is 20.4 Å². The Hall–Kier alpha value is -2.62. The van der Waals surface area contributed by atoms with Gasteiger partial charge in [0.15, 0.2) is 5.82 Å². The number of hydrogen-bond donors (Lipinski definition) is 2. The maximum absolute atomic E-state index is 12.0. The van der Waals surface area contributed by atoms with Crippen LogP contribution in [0.2, 0.25) is 0 Å². The fourth-order valence-electron chi connectivity index (χ4n) is 1.58. The number of nitrogens with zero attached hydrogens (tertiary/aromatic N) is 3. The lowest BCUT2D eigenvalue weighted by Gasteiger charge is -2.08. The number of carbonyl (C=O) groups is 1. The van der Waals surface area contributed by atoms with Gasteiger partial charge in [0, 0.05) is 12.1 Å². The highest BCUT2D eigenvalue weighted by atomic mass is 16.5. The van der Waals surface area contributed by atoms with Crippen LogP contribution in [0.3, 0.4) is 0 Å². The summed E-state index contributed by atoms with van der Waals surface area (Å²) < 4.78 is 5.11. The number of aromatic nitrogens is 3. The van der Waals surface area contributed by atoms with Gasteiger partial charge >= 0.3 is 0 Å². The first-order valence-corrected chi connectivity index (χ1v) is 6.24. The van der Waals surface area contributed by atoms with Crippen molar-refractivity contribution in [3.8, 4) is 6.07 Å². The van der Waals surface area contributed by atoms with Crippen molar-refractivity contribution in [3.63, 3.8) is 0 Å². The number of rotatable bonds is 4. The Bertz CT molecular complexity index is 650. The molecule has 7 nitrogen and oxygen atoms in total. The fraction of sp³-hybridized carbons (Fsp3) is 0.385. The number of nitriles is 1. The lowest BCUT2D eigenvalue weighted by atomic mass is 10.2. The summed E-state index contributed by atoms with van der Waals surface area (Å²) >= 11 is 0. The quantitative estimate of drug-likeness (QED) is 0.884. The molecule has 1 amide bonds. The SMILES string of the molecule is CC(C)c1noc(C(C)NC(=O)c2cc(C#N)c[nH]2)n1. The van der Waals surface area contributed by atoms with E-state index >= 15 is 0 Å². The van der Waals surface area contributed by atoms with Crippen LogP contribution >= 0.6 is 0 Å². The molecule has 1 unspecified atom stereocenters. The van der Waals surface area contributed by atoms with Crippen LogP contribution in [-0.4, -0.2) is 21.0 Å². The molecule has 0 fully saturated rings. The first-order chi connectivity index (χ1) is 9.51. The van der Waals surface area contributed by atoms with Gasteiger partial charge in [-0.3, -0.25) is 4.79 Å². The van der Waals surface area contributed by atoms with Crippen molar-refractivity contribution in [2.45, 2.75) is 32.7 Å². The maximum atomic E-state index is 12.0. The van der Waals surface area contributed by atoms with Crippen molar-refractivity contribution in [3.05, 3.63) is 35.2 Å². The van der Waals surface area contributed by atoms with Crippen molar-refractivity contribution < 1.29 is 9.32 Å². The summed E-state index contributed by atoms with van der Waals surface area (Å²) in [5.74, 6) is 0.794. The van der Waals surface area contributed by atoms with Gasteiger partial charge in [0.05, 0.1) is 5.56 Å². The van der Waals surface area contributed by atoms with Crippen LogP contribution in [0.15, 0.2) is 16.8 Å². The van der Waals surface area contributed by atoms with Gasteiger partial charge in [-0.05, 0) is 13.0 Å². The molecule has 2 rings (SSSR count). The van der Waals surface area contributed by atoms with Crippen LogP contribution in [0, 0.1) is 11.3 Å². The molecule has 7 heteroatoms. The Morgan fingerprint density at radius 2 is 2.25 bits per heavy atom. The zero-order valence-corrected chi connectivity index (χ0v) is 11.5. The Kier molecular flexibility index (Phi) is 3.84. The zero-order valence-electron chi connectivity index (χ0n) is 11.5. The first-order valence-electron chi connectivity index (χ1n) is 6.24. The van der Waals surface area contributed by atoms with E-state index in [1.54, 1.807) is 6.92 Å². The summed E-state index contributed by atoms with van der Waals surface area (Å²) in [6, 6.07) is 3.03. The van der Waals surface area contributed by atoms with Gasteiger partial charge in [-0.15, -0.1) is 0 Å². The second-order valence-corrected chi connectivity index (χ2v) is 4.75. The minimum atomic E-state index is -0.406. The molecule has 0 aromatic carbocycles. The van der Waals surface area contributed by atoms with Crippen molar-refractivity contribution in [2.75, 3.05) is 0 Å². The average Bonchev–Trinajstić information content (AvgIpc) is 3.07. The third-order valence-electron chi connectivity index (χ3n) is 2.75. The Labute approximate surface area is 116 Å². The summed E-state index contributed by atoms with van der Waals surface area (Å²) in [6.07, 6.45) is 1.48. The largest absolute Gasteiger partial charge is 0.356 e. The molecule has 0 aliphatic rings. The fourth-order valence-corrected chi connectivity index (χ4v) is 1.58. The van der Waals surface area contributed by atoms with E-state index in [1.165, 1.54) is 12.3 Å². The lowest BCUT2D eigenvalue weighted by molar-refractivity contribution is 0.0928. The third-order valence-corrected chi connectivity index (χ3v) is 2.75. The Morgan fingerprint density at radius 1 is 1.50 bits per heavy atom. The molecule has 0 bridgehead atoms. The molecule has 2 aromatic heterocycles.